The Labute approximate surface area is 146 Å². The summed E-state index contributed by atoms with van der Waals surface area (Å²) >= 11 is 0. The third-order valence-electron chi connectivity index (χ3n) is 3.13. The van der Waals surface area contributed by atoms with Crippen molar-refractivity contribution in [2.45, 2.75) is 72.1 Å². The van der Waals surface area contributed by atoms with Gasteiger partial charge >= 0.3 is 29.6 Å². The van der Waals surface area contributed by atoms with Gasteiger partial charge in [0.2, 0.25) is 0 Å². The smallest absolute Gasteiger partial charge is 0.748 e. The van der Waals surface area contributed by atoms with Gasteiger partial charge in [-0.2, -0.15) is 0 Å². The monoisotopic (exact) mass is 314 g/mol. The summed E-state index contributed by atoms with van der Waals surface area (Å²) < 4.78 is 31.1. The molecule has 0 unspecified atom stereocenters. The molecule has 20 heavy (non-hydrogen) atoms. The van der Waals surface area contributed by atoms with Crippen molar-refractivity contribution in [1.29, 1.82) is 0 Å². The quantitative estimate of drug-likeness (QED) is 0.330. The fourth-order valence-electron chi connectivity index (χ4n) is 1.82. The van der Waals surface area contributed by atoms with Gasteiger partial charge in [0, 0.05) is 17.6 Å². The molecule has 114 valence electrons. The minimum Gasteiger partial charge on any atom is -0.748 e. The van der Waals surface area contributed by atoms with E-state index in [2.05, 4.69) is 0 Å². The van der Waals surface area contributed by atoms with Crippen LogP contribution in [0.25, 0.3) is 0 Å². The molecule has 0 atom stereocenters. The van der Waals surface area contributed by atoms with Crippen LogP contribution in [0.4, 0.5) is 0 Å². The van der Waals surface area contributed by atoms with E-state index < -0.39 is 10.1 Å². The van der Waals surface area contributed by atoms with Gasteiger partial charge in [-0.3, -0.25) is 4.79 Å². The molecular formula is C14H27NaO4S. The fraction of sp³-hybridized carbons (Fsp3) is 0.929. The van der Waals surface area contributed by atoms with Crippen LogP contribution in [0.3, 0.4) is 0 Å². The van der Waals surface area contributed by atoms with Crippen LogP contribution in [0.1, 0.15) is 72.1 Å². The summed E-state index contributed by atoms with van der Waals surface area (Å²) in [6, 6.07) is 0. The summed E-state index contributed by atoms with van der Waals surface area (Å²) in [4.78, 5) is 11.6. The molecule has 0 saturated carbocycles. The molecule has 0 heterocycles. The molecule has 0 aromatic heterocycles. The van der Waals surface area contributed by atoms with Crippen LogP contribution >= 0.6 is 0 Å². The number of unbranched alkanes of at least 4 members (excludes halogenated alkanes) is 6. The first-order valence-corrected chi connectivity index (χ1v) is 8.67. The number of rotatable bonds is 10. The van der Waals surface area contributed by atoms with Gasteiger partial charge in [-0.1, -0.05) is 52.9 Å². The predicted molar refractivity (Wildman–Crippen MR) is 76.0 cm³/mol. The molecule has 0 aromatic rings. The van der Waals surface area contributed by atoms with Gasteiger partial charge in [-0.25, -0.2) is 8.42 Å². The van der Waals surface area contributed by atoms with Crippen molar-refractivity contribution in [1.82, 2.24) is 0 Å². The molecule has 0 spiro atoms. The topological polar surface area (TPSA) is 74.3 Å². The SMILES string of the molecule is CC(C)(C)C(=O)CCCCCCCCCS(=O)(=O)[O-].[Na+]. The molecule has 0 aromatic carbocycles. The van der Waals surface area contributed by atoms with Gasteiger partial charge in [0.25, 0.3) is 0 Å². The van der Waals surface area contributed by atoms with E-state index in [4.69, 9.17) is 0 Å². The van der Waals surface area contributed by atoms with E-state index in [1.54, 1.807) is 0 Å². The second kappa shape index (κ2) is 11.2. The number of Topliss-reactive ketones (excluding diaryl/α,β-unsaturated/α-hetero) is 1. The second-order valence-electron chi connectivity index (χ2n) is 6.16. The van der Waals surface area contributed by atoms with E-state index in [-0.39, 0.29) is 40.7 Å². The molecule has 0 N–H and O–H groups in total. The van der Waals surface area contributed by atoms with Crippen molar-refractivity contribution in [2.24, 2.45) is 5.41 Å². The first kappa shape index (κ1) is 22.9. The van der Waals surface area contributed by atoms with E-state index in [1.165, 1.54) is 0 Å². The van der Waals surface area contributed by atoms with Crippen LogP contribution in [0, 0.1) is 5.41 Å². The van der Waals surface area contributed by atoms with E-state index in [0.29, 0.717) is 18.6 Å². The van der Waals surface area contributed by atoms with Crippen LogP contribution in [0.15, 0.2) is 0 Å². The van der Waals surface area contributed by atoms with Crippen molar-refractivity contribution < 1.29 is 47.3 Å². The fourth-order valence-corrected chi connectivity index (χ4v) is 2.38. The first-order valence-electron chi connectivity index (χ1n) is 7.10. The van der Waals surface area contributed by atoms with Crippen molar-refractivity contribution in [2.75, 3.05) is 5.75 Å². The number of carbonyl (C=O) groups excluding carboxylic acids is 1. The van der Waals surface area contributed by atoms with Gasteiger partial charge in [0.05, 0.1) is 10.1 Å². The maximum absolute atomic E-state index is 11.6. The zero-order chi connectivity index (χ0) is 14.9. The zero-order valence-corrected chi connectivity index (χ0v) is 16.2. The molecule has 0 aliphatic rings. The minimum atomic E-state index is -4.04. The molecule has 0 aliphatic heterocycles. The Bertz CT molecular complexity index is 358. The Morgan fingerprint density at radius 3 is 1.70 bits per heavy atom. The van der Waals surface area contributed by atoms with Crippen LogP contribution in [-0.2, 0) is 14.9 Å². The standard InChI is InChI=1S/C14H28O4S.Na/c1-14(2,3)13(15)11-9-7-5-4-6-8-10-12-19(16,17)18;/h4-12H2,1-3H3,(H,16,17,18);/q;+1/p-1. The normalized spacial score (nSPS) is 12.0. The number of ketones is 1. The van der Waals surface area contributed by atoms with Gasteiger partial charge < -0.3 is 4.55 Å². The van der Waals surface area contributed by atoms with Crippen molar-refractivity contribution >= 4 is 15.9 Å². The summed E-state index contributed by atoms with van der Waals surface area (Å²) in [5.74, 6) is 0.0701. The Kier molecular flexibility index (Phi) is 12.8. The number of carbonyl (C=O) groups is 1. The van der Waals surface area contributed by atoms with Crippen molar-refractivity contribution in [3.63, 3.8) is 0 Å². The molecule has 0 amide bonds. The largest absolute Gasteiger partial charge is 1.00 e. The first-order chi connectivity index (χ1) is 8.63. The summed E-state index contributed by atoms with van der Waals surface area (Å²) in [6.07, 6.45) is 6.97. The van der Waals surface area contributed by atoms with Gasteiger partial charge in [0.15, 0.2) is 0 Å². The molecule has 6 heteroatoms. The Hall–Kier alpha value is 0.580. The molecule has 0 radical (unpaired) electrons. The van der Waals surface area contributed by atoms with E-state index >= 15 is 0 Å². The average molecular weight is 314 g/mol. The molecule has 4 nitrogen and oxygen atoms in total. The minimum absolute atomic E-state index is 0. The van der Waals surface area contributed by atoms with E-state index in [0.717, 1.165) is 38.5 Å². The van der Waals surface area contributed by atoms with Crippen LogP contribution < -0.4 is 29.6 Å². The summed E-state index contributed by atoms with van der Waals surface area (Å²) in [5.41, 5.74) is -0.232. The van der Waals surface area contributed by atoms with E-state index in [9.17, 15) is 17.8 Å². The molecule has 0 saturated heterocycles. The third-order valence-corrected chi connectivity index (χ3v) is 3.92. The predicted octanol–water partition coefficient (Wildman–Crippen LogP) is 0.272. The second-order valence-corrected chi connectivity index (χ2v) is 7.68. The molecular weight excluding hydrogens is 287 g/mol. The van der Waals surface area contributed by atoms with Crippen LogP contribution in [0.5, 0.6) is 0 Å². The van der Waals surface area contributed by atoms with Gasteiger partial charge in [0.1, 0.15) is 5.78 Å². The van der Waals surface area contributed by atoms with Crippen LogP contribution in [0.2, 0.25) is 0 Å². The van der Waals surface area contributed by atoms with Gasteiger partial charge in [-0.15, -0.1) is 0 Å². The average Bonchev–Trinajstić information content (AvgIpc) is 2.23. The maximum Gasteiger partial charge on any atom is 1.00 e. The molecule has 0 rings (SSSR count). The maximum atomic E-state index is 11.6. The van der Waals surface area contributed by atoms with E-state index in [1.807, 2.05) is 20.8 Å². The summed E-state index contributed by atoms with van der Waals surface area (Å²) in [5, 5.41) is 0. The Balaban J connectivity index is 0. The molecule has 0 bridgehead atoms. The van der Waals surface area contributed by atoms with Gasteiger partial charge in [-0.05, 0) is 12.8 Å². The number of hydrogen-bond acceptors (Lipinski definition) is 4. The molecule has 0 fully saturated rings. The Morgan fingerprint density at radius 1 is 0.900 bits per heavy atom. The summed E-state index contributed by atoms with van der Waals surface area (Å²) in [6.45, 7) is 5.83. The number of hydrogen-bond donors (Lipinski definition) is 0. The Morgan fingerprint density at radius 2 is 1.30 bits per heavy atom. The zero-order valence-electron chi connectivity index (χ0n) is 13.4. The molecule has 0 aliphatic carbocycles. The van der Waals surface area contributed by atoms with Crippen LogP contribution in [-0.4, -0.2) is 24.5 Å². The third kappa shape index (κ3) is 15.0. The van der Waals surface area contributed by atoms with Crippen molar-refractivity contribution in [3.8, 4) is 0 Å². The summed E-state index contributed by atoms with van der Waals surface area (Å²) in [7, 11) is -4.04. The van der Waals surface area contributed by atoms with Crippen molar-refractivity contribution in [3.05, 3.63) is 0 Å².